The first-order valence-electron chi connectivity index (χ1n) is 11.3. The summed E-state index contributed by atoms with van der Waals surface area (Å²) >= 11 is 0. The minimum Gasteiger partial charge on any atom is -0.451 e. The van der Waals surface area contributed by atoms with Crippen molar-refractivity contribution in [2.24, 2.45) is 0 Å². The number of anilines is 1. The largest absolute Gasteiger partial charge is 0.451 e. The van der Waals surface area contributed by atoms with E-state index >= 15 is 0 Å². The number of nitrogens with one attached hydrogen (secondary N) is 1. The lowest BCUT2D eigenvalue weighted by Crippen LogP contribution is -2.22. The lowest BCUT2D eigenvalue weighted by Gasteiger charge is -2.11. The van der Waals surface area contributed by atoms with Gasteiger partial charge in [-0.3, -0.25) is 4.79 Å². The Kier molecular flexibility index (Phi) is 7.18. The Morgan fingerprint density at radius 3 is 2.24 bits per heavy atom. The van der Waals surface area contributed by atoms with Crippen molar-refractivity contribution in [2.45, 2.75) is 26.2 Å². The molecule has 6 nitrogen and oxygen atoms in total. The van der Waals surface area contributed by atoms with Crippen molar-refractivity contribution in [3.05, 3.63) is 102 Å². The first kappa shape index (κ1) is 23.0. The zero-order valence-corrected chi connectivity index (χ0v) is 19.3. The first-order chi connectivity index (χ1) is 16.5. The van der Waals surface area contributed by atoms with Gasteiger partial charge in [0.15, 0.2) is 12.3 Å². The van der Waals surface area contributed by atoms with E-state index in [9.17, 15) is 9.59 Å². The number of carbonyl (C=O) groups is 2. The highest BCUT2D eigenvalue weighted by Crippen LogP contribution is 2.23. The summed E-state index contributed by atoms with van der Waals surface area (Å²) in [5.74, 6) is -0.569. The SMILES string of the molecule is CC[C@H](C)c1ccc(NC(=O)COC(=O)c2cc(-c3ccccc3)nn2-c2ccccc2)cc1. The van der Waals surface area contributed by atoms with Gasteiger partial charge in [-0.05, 0) is 48.2 Å². The highest BCUT2D eigenvalue weighted by Gasteiger charge is 2.20. The molecule has 34 heavy (non-hydrogen) atoms. The number of rotatable bonds is 8. The van der Waals surface area contributed by atoms with Crippen LogP contribution in [-0.2, 0) is 9.53 Å². The normalized spacial score (nSPS) is 11.6. The fourth-order valence-corrected chi connectivity index (χ4v) is 3.58. The van der Waals surface area contributed by atoms with Gasteiger partial charge in [0, 0.05) is 11.3 Å². The van der Waals surface area contributed by atoms with E-state index in [-0.39, 0.29) is 5.69 Å². The molecule has 1 atom stereocenters. The molecule has 3 aromatic carbocycles. The number of aromatic nitrogens is 2. The predicted molar refractivity (Wildman–Crippen MR) is 133 cm³/mol. The third-order valence-electron chi connectivity index (χ3n) is 5.70. The molecule has 0 aliphatic carbocycles. The van der Waals surface area contributed by atoms with Crippen LogP contribution in [0.25, 0.3) is 16.9 Å². The van der Waals surface area contributed by atoms with Gasteiger partial charge in [-0.25, -0.2) is 9.48 Å². The molecule has 1 N–H and O–H groups in total. The summed E-state index contributed by atoms with van der Waals surface area (Å²) in [4.78, 5) is 25.3. The maximum atomic E-state index is 12.9. The Balaban J connectivity index is 1.47. The molecule has 0 aliphatic heterocycles. The molecular weight excluding hydrogens is 426 g/mol. The minimum absolute atomic E-state index is 0.246. The van der Waals surface area contributed by atoms with Crippen molar-refractivity contribution in [2.75, 3.05) is 11.9 Å². The molecule has 0 bridgehead atoms. The van der Waals surface area contributed by atoms with Crippen molar-refractivity contribution in [1.29, 1.82) is 0 Å². The molecule has 4 rings (SSSR count). The van der Waals surface area contributed by atoms with Gasteiger partial charge in [0.1, 0.15) is 0 Å². The second kappa shape index (κ2) is 10.6. The summed E-state index contributed by atoms with van der Waals surface area (Å²) in [6.45, 7) is 3.91. The van der Waals surface area contributed by atoms with Crippen molar-refractivity contribution < 1.29 is 14.3 Å². The molecule has 1 aromatic heterocycles. The third kappa shape index (κ3) is 5.41. The molecular formula is C28H27N3O3. The second-order valence-electron chi connectivity index (χ2n) is 8.08. The molecule has 0 aliphatic rings. The van der Waals surface area contributed by atoms with Crippen LogP contribution in [0, 0.1) is 0 Å². The summed E-state index contributed by atoms with van der Waals surface area (Å²) in [5, 5.41) is 7.38. The van der Waals surface area contributed by atoms with E-state index in [2.05, 4.69) is 24.3 Å². The average molecular weight is 454 g/mol. The van der Waals surface area contributed by atoms with Crippen LogP contribution in [0.1, 0.15) is 42.2 Å². The Bertz CT molecular complexity index is 1250. The van der Waals surface area contributed by atoms with Crippen LogP contribution in [-0.4, -0.2) is 28.3 Å². The van der Waals surface area contributed by atoms with Gasteiger partial charge in [0.05, 0.1) is 11.4 Å². The van der Waals surface area contributed by atoms with Gasteiger partial charge in [-0.15, -0.1) is 0 Å². The summed E-state index contributed by atoms with van der Waals surface area (Å²) < 4.78 is 6.88. The van der Waals surface area contributed by atoms with Gasteiger partial charge in [0.25, 0.3) is 5.91 Å². The van der Waals surface area contributed by atoms with E-state index in [1.807, 2.05) is 84.9 Å². The molecule has 6 heteroatoms. The van der Waals surface area contributed by atoms with E-state index in [0.717, 1.165) is 17.7 Å². The van der Waals surface area contributed by atoms with Crippen LogP contribution in [0.15, 0.2) is 91.0 Å². The van der Waals surface area contributed by atoms with Crippen LogP contribution in [0.4, 0.5) is 5.69 Å². The fraction of sp³-hybridized carbons (Fsp3) is 0.179. The number of para-hydroxylation sites is 1. The summed E-state index contributed by atoms with van der Waals surface area (Å²) in [6.07, 6.45) is 1.05. The molecule has 0 unspecified atom stereocenters. The van der Waals surface area contributed by atoms with Crippen LogP contribution in [0.5, 0.6) is 0 Å². The molecule has 0 radical (unpaired) electrons. The van der Waals surface area contributed by atoms with Gasteiger partial charge in [-0.1, -0.05) is 74.5 Å². The smallest absolute Gasteiger partial charge is 0.357 e. The molecule has 0 fully saturated rings. The van der Waals surface area contributed by atoms with E-state index in [1.165, 1.54) is 10.2 Å². The van der Waals surface area contributed by atoms with Crippen molar-refractivity contribution in [1.82, 2.24) is 9.78 Å². The van der Waals surface area contributed by atoms with Gasteiger partial charge >= 0.3 is 5.97 Å². The van der Waals surface area contributed by atoms with E-state index in [4.69, 9.17) is 4.74 Å². The van der Waals surface area contributed by atoms with Crippen molar-refractivity contribution in [3.8, 4) is 16.9 Å². The van der Waals surface area contributed by atoms with Crippen LogP contribution >= 0.6 is 0 Å². The lowest BCUT2D eigenvalue weighted by molar-refractivity contribution is -0.119. The summed E-state index contributed by atoms with van der Waals surface area (Å²) in [5.41, 5.74) is 4.37. The Labute approximate surface area is 199 Å². The lowest BCUT2D eigenvalue weighted by atomic mass is 9.99. The number of ether oxygens (including phenoxy) is 1. The zero-order chi connectivity index (χ0) is 23.9. The Morgan fingerprint density at radius 1 is 0.941 bits per heavy atom. The zero-order valence-electron chi connectivity index (χ0n) is 19.3. The number of hydrogen-bond acceptors (Lipinski definition) is 4. The summed E-state index contributed by atoms with van der Waals surface area (Å²) in [7, 11) is 0. The number of hydrogen-bond donors (Lipinski definition) is 1. The van der Waals surface area contributed by atoms with Crippen LogP contribution < -0.4 is 5.32 Å². The van der Waals surface area contributed by atoms with Crippen LogP contribution in [0.2, 0.25) is 0 Å². The van der Waals surface area contributed by atoms with Crippen molar-refractivity contribution >= 4 is 17.6 Å². The summed E-state index contributed by atoms with van der Waals surface area (Å²) in [6, 6.07) is 28.3. The Morgan fingerprint density at radius 2 is 1.59 bits per heavy atom. The molecule has 0 saturated heterocycles. The predicted octanol–water partition coefficient (Wildman–Crippen LogP) is 5.85. The number of benzene rings is 3. The third-order valence-corrected chi connectivity index (χ3v) is 5.70. The quantitative estimate of drug-likeness (QED) is 0.340. The maximum absolute atomic E-state index is 12.9. The molecule has 172 valence electrons. The minimum atomic E-state index is -0.624. The molecule has 1 amide bonds. The second-order valence-corrected chi connectivity index (χ2v) is 8.08. The molecule has 1 heterocycles. The molecule has 0 spiro atoms. The van der Waals surface area contributed by atoms with Gasteiger partial charge in [0.2, 0.25) is 0 Å². The monoisotopic (exact) mass is 453 g/mol. The Hall–Kier alpha value is -4.19. The maximum Gasteiger partial charge on any atom is 0.357 e. The van der Waals surface area contributed by atoms with E-state index in [0.29, 0.717) is 17.3 Å². The highest BCUT2D eigenvalue weighted by molar-refractivity contribution is 5.95. The number of nitrogens with zero attached hydrogens (tertiary/aromatic N) is 2. The topological polar surface area (TPSA) is 73.2 Å². The van der Waals surface area contributed by atoms with E-state index in [1.54, 1.807) is 6.07 Å². The molecule has 0 saturated carbocycles. The standard InChI is InChI=1S/C28H27N3O3/c1-3-20(2)21-14-16-23(17-15-21)29-27(32)19-34-28(33)26-18-25(22-10-6-4-7-11-22)30-31(26)24-12-8-5-9-13-24/h4-18,20H,3,19H2,1-2H3,(H,29,32)/t20-/m0/s1. The molecule has 4 aromatic rings. The average Bonchev–Trinajstić information content (AvgIpc) is 3.34. The number of esters is 1. The number of amides is 1. The fourth-order valence-electron chi connectivity index (χ4n) is 3.58. The highest BCUT2D eigenvalue weighted by atomic mass is 16.5. The van der Waals surface area contributed by atoms with Gasteiger partial charge < -0.3 is 10.1 Å². The first-order valence-corrected chi connectivity index (χ1v) is 11.3. The van der Waals surface area contributed by atoms with Crippen LogP contribution in [0.3, 0.4) is 0 Å². The van der Waals surface area contributed by atoms with Crippen molar-refractivity contribution in [3.63, 3.8) is 0 Å². The van der Waals surface area contributed by atoms with E-state index < -0.39 is 18.5 Å². The van der Waals surface area contributed by atoms with Gasteiger partial charge in [-0.2, -0.15) is 5.10 Å². The number of carbonyl (C=O) groups excluding carboxylic acids is 2.